The van der Waals surface area contributed by atoms with Gasteiger partial charge in [-0.15, -0.1) is 0 Å². The second-order valence-corrected chi connectivity index (χ2v) is 11.8. The predicted octanol–water partition coefficient (Wildman–Crippen LogP) is 12.2. The van der Waals surface area contributed by atoms with Crippen LogP contribution in [0.5, 0.6) is 0 Å². The van der Waals surface area contributed by atoms with Crippen molar-refractivity contribution >= 4 is 60.4 Å². The highest BCUT2D eigenvalue weighted by atomic mass is 15.1. The first-order valence-corrected chi connectivity index (χ1v) is 15.8. The van der Waals surface area contributed by atoms with Gasteiger partial charge in [-0.3, -0.25) is 0 Å². The van der Waals surface area contributed by atoms with E-state index in [1.165, 1.54) is 54.5 Å². The van der Waals surface area contributed by atoms with E-state index in [0.717, 1.165) is 22.7 Å². The van der Waals surface area contributed by atoms with Crippen molar-refractivity contribution in [3.05, 3.63) is 182 Å². The molecule has 0 saturated heterocycles. The molecular weight excluding hydrogens is 556 g/mol. The number of benzene rings is 8. The molecule has 0 unspecified atom stereocenters. The molecule has 0 atom stereocenters. The largest absolute Gasteiger partial charge is 0.310 e. The molecule has 1 aromatic heterocycles. The Labute approximate surface area is 268 Å². The average Bonchev–Trinajstić information content (AvgIpc) is 3.48. The molecule has 1 heterocycles. The highest BCUT2D eigenvalue weighted by molar-refractivity contribution is 6.24. The minimum Gasteiger partial charge on any atom is -0.310 e. The number of hydrogen-bond acceptors (Lipinski definition) is 1. The number of aromatic nitrogens is 1. The number of hydrogen-bond donors (Lipinski definition) is 0. The minimum absolute atomic E-state index is 1.11. The van der Waals surface area contributed by atoms with Gasteiger partial charge in [0.05, 0.1) is 16.7 Å². The van der Waals surface area contributed by atoms with E-state index in [-0.39, 0.29) is 0 Å². The van der Waals surface area contributed by atoms with Crippen molar-refractivity contribution in [1.29, 1.82) is 0 Å². The van der Waals surface area contributed by atoms with Crippen LogP contribution in [0.1, 0.15) is 0 Å². The molecule has 0 bridgehead atoms. The van der Waals surface area contributed by atoms with Crippen LogP contribution in [-0.4, -0.2) is 4.57 Å². The lowest BCUT2D eigenvalue weighted by Crippen LogP contribution is -2.10. The molecule has 0 saturated carbocycles. The second-order valence-electron chi connectivity index (χ2n) is 11.8. The lowest BCUT2D eigenvalue weighted by Gasteiger charge is -2.27. The first kappa shape index (κ1) is 26.3. The summed E-state index contributed by atoms with van der Waals surface area (Å²) in [5.41, 5.74) is 9.38. The maximum absolute atomic E-state index is 2.43. The van der Waals surface area contributed by atoms with Crippen LogP contribution in [0.3, 0.4) is 0 Å². The zero-order chi connectivity index (χ0) is 30.5. The van der Waals surface area contributed by atoms with Gasteiger partial charge in [-0.2, -0.15) is 0 Å². The van der Waals surface area contributed by atoms with Crippen LogP contribution in [0, 0.1) is 0 Å². The lowest BCUT2D eigenvalue weighted by molar-refractivity contribution is 1.19. The van der Waals surface area contributed by atoms with Gasteiger partial charge in [0.25, 0.3) is 0 Å². The summed E-state index contributed by atoms with van der Waals surface area (Å²) in [4.78, 5) is 2.42. The van der Waals surface area contributed by atoms with Crippen LogP contribution >= 0.6 is 0 Å². The van der Waals surface area contributed by atoms with Gasteiger partial charge >= 0.3 is 0 Å². The van der Waals surface area contributed by atoms with E-state index in [1.807, 2.05) is 0 Å². The zero-order valence-corrected chi connectivity index (χ0v) is 25.2. The molecule has 8 aromatic carbocycles. The summed E-state index contributed by atoms with van der Waals surface area (Å²) >= 11 is 0. The normalized spacial score (nSPS) is 11.5. The highest BCUT2D eigenvalue weighted by Gasteiger charge is 2.23. The van der Waals surface area contributed by atoms with E-state index < -0.39 is 0 Å². The Balaban J connectivity index is 1.32. The third kappa shape index (κ3) is 4.27. The van der Waals surface area contributed by atoms with Crippen molar-refractivity contribution in [2.45, 2.75) is 0 Å². The maximum Gasteiger partial charge on any atom is 0.0640 e. The Bertz CT molecular complexity index is 2510. The molecule has 0 spiro atoms. The van der Waals surface area contributed by atoms with Gasteiger partial charge in [-0.25, -0.2) is 0 Å². The molecule has 2 heteroatoms. The first-order chi connectivity index (χ1) is 22.8. The number of para-hydroxylation sites is 3. The van der Waals surface area contributed by atoms with Crippen LogP contribution in [-0.2, 0) is 0 Å². The van der Waals surface area contributed by atoms with Crippen molar-refractivity contribution < 1.29 is 0 Å². The van der Waals surface area contributed by atoms with E-state index in [9.17, 15) is 0 Å². The molecule has 46 heavy (non-hydrogen) atoms. The molecule has 216 valence electrons. The molecule has 9 aromatic rings. The van der Waals surface area contributed by atoms with E-state index >= 15 is 0 Å². The van der Waals surface area contributed by atoms with Crippen LogP contribution in [0.4, 0.5) is 17.1 Å². The van der Waals surface area contributed by atoms with Crippen molar-refractivity contribution in [1.82, 2.24) is 4.57 Å². The average molecular weight is 587 g/mol. The SMILES string of the molecule is c1ccc(N(c2ccc(-c3ccc4ccccc4c3)cc2)c2cc3ccccc3c3c2c2ccccc2n3-c2ccccc2)cc1. The van der Waals surface area contributed by atoms with Crippen LogP contribution in [0.2, 0.25) is 0 Å². The summed E-state index contributed by atoms with van der Waals surface area (Å²) in [6.45, 7) is 0. The molecule has 0 aliphatic heterocycles. The number of rotatable bonds is 5. The van der Waals surface area contributed by atoms with Crippen molar-refractivity contribution in [3.8, 4) is 16.8 Å². The number of nitrogens with zero attached hydrogens (tertiary/aromatic N) is 2. The second kappa shape index (κ2) is 10.8. The van der Waals surface area contributed by atoms with Gasteiger partial charge in [-0.05, 0) is 81.9 Å². The quantitative estimate of drug-likeness (QED) is 0.195. The van der Waals surface area contributed by atoms with E-state index in [1.54, 1.807) is 0 Å². The first-order valence-electron chi connectivity index (χ1n) is 15.8. The molecule has 0 aliphatic rings. The van der Waals surface area contributed by atoms with E-state index in [2.05, 4.69) is 191 Å². The smallest absolute Gasteiger partial charge is 0.0640 e. The Hall–Kier alpha value is -6.12. The van der Waals surface area contributed by atoms with Crippen LogP contribution in [0.15, 0.2) is 182 Å². The fourth-order valence-electron chi connectivity index (χ4n) is 7.01. The number of fused-ring (bicyclic) bond motifs is 6. The monoisotopic (exact) mass is 586 g/mol. The van der Waals surface area contributed by atoms with Gasteiger partial charge in [0.1, 0.15) is 0 Å². The van der Waals surface area contributed by atoms with E-state index in [0.29, 0.717) is 0 Å². The van der Waals surface area contributed by atoms with E-state index in [4.69, 9.17) is 0 Å². The van der Waals surface area contributed by atoms with Crippen molar-refractivity contribution in [3.63, 3.8) is 0 Å². The summed E-state index contributed by atoms with van der Waals surface area (Å²) in [5, 5.41) is 7.42. The molecule has 2 nitrogen and oxygen atoms in total. The van der Waals surface area contributed by atoms with Crippen LogP contribution < -0.4 is 4.90 Å². The molecular formula is C44H30N2. The van der Waals surface area contributed by atoms with Gasteiger partial charge in [-0.1, -0.05) is 127 Å². The summed E-state index contributed by atoms with van der Waals surface area (Å²) in [6, 6.07) is 65.7. The Morgan fingerprint density at radius 1 is 0.391 bits per heavy atom. The fraction of sp³-hybridized carbons (Fsp3) is 0. The highest BCUT2D eigenvalue weighted by Crippen LogP contribution is 2.46. The van der Waals surface area contributed by atoms with Gasteiger partial charge in [0, 0.05) is 33.2 Å². The Morgan fingerprint density at radius 3 is 1.76 bits per heavy atom. The molecule has 0 fully saturated rings. The molecule has 0 amide bonds. The predicted molar refractivity (Wildman–Crippen MR) is 196 cm³/mol. The third-order valence-corrected chi connectivity index (χ3v) is 9.12. The fourth-order valence-corrected chi connectivity index (χ4v) is 7.01. The lowest BCUT2D eigenvalue weighted by atomic mass is 10.00. The Kier molecular flexibility index (Phi) is 6.17. The summed E-state index contributed by atoms with van der Waals surface area (Å²) < 4.78 is 2.43. The topological polar surface area (TPSA) is 8.17 Å². The van der Waals surface area contributed by atoms with Crippen LogP contribution in [0.25, 0.3) is 60.2 Å². The van der Waals surface area contributed by atoms with Gasteiger partial charge < -0.3 is 9.47 Å². The van der Waals surface area contributed by atoms with Gasteiger partial charge in [0.2, 0.25) is 0 Å². The maximum atomic E-state index is 2.43. The minimum atomic E-state index is 1.11. The van der Waals surface area contributed by atoms with Gasteiger partial charge in [0.15, 0.2) is 0 Å². The molecule has 9 rings (SSSR count). The standard InChI is InChI=1S/C44H30N2/c1-3-16-36(17-4-1)45(38-27-25-32(26-28-38)34-24-23-31-13-7-8-14-33(31)29-34)42-30-35-15-9-10-20-39(35)44-43(42)40-21-11-12-22-41(40)46(44)37-18-5-2-6-19-37/h1-30H. The van der Waals surface area contributed by atoms with Crippen molar-refractivity contribution in [2.24, 2.45) is 0 Å². The summed E-state index contributed by atoms with van der Waals surface area (Å²) in [5.74, 6) is 0. The molecule has 0 aliphatic carbocycles. The summed E-state index contributed by atoms with van der Waals surface area (Å²) in [6.07, 6.45) is 0. The molecule has 0 N–H and O–H groups in total. The Morgan fingerprint density at radius 2 is 0.978 bits per heavy atom. The third-order valence-electron chi connectivity index (χ3n) is 9.12. The zero-order valence-electron chi connectivity index (χ0n) is 25.2. The number of anilines is 3. The summed E-state index contributed by atoms with van der Waals surface area (Å²) in [7, 11) is 0. The molecule has 0 radical (unpaired) electrons. The van der Waals surface area contributed by atoms with Crippen molar-refractivity contribution in [2.75, 3.05) is 4.90 Å².